The standard InChI is InChI=1S/C14H22NO3PS/c1-4-17-19(16,18-5-2)11-14(20)15-12(3)13-9-7-6-8-10-13/h6-10,12H,4-5,11H2,1-3H3,(H,15,20)/t12-/m1/s1. The van der Waals surface area contributed by atoms with Gasteiger partial charge in [-0.1, -0.05) is 42.5 Å². The number of benzene rings is 1. The molecule has 4 nitrogen and oxygen atoms in total. The van der Waals surface area contributed by atoms with Crippen molar-refractivity contribution in [2.75, 3.05) is 19.4 Å². The molecular weight excluding hydrogens is 293 g/mol. The van der Waals surface area contributed by atoms with Gasteiger partial charge in [-0.05, 0) is 26.3 Å². The third kappa shape index (κ3) is 5.71. The van der Waals surface area contributed by atoms with Crippen LogP contribution < -0.4 is 5.32 Å². The number of hydrogen-bond donors (Lipinski definition) is 1. The minimum Gasteiger partial charge on any atom is -0.373 e. The van der Waals surface area contributed by atoms with Crippen LogP contribution in [0.4, 0.5) is 0 Å². The summed E-state index contributed by atoms with van der Waals surface area (Å²) in [6.07, 6.45) is 0.112. The molecule has 0 bridgehead atoms. The van der Waals surface area contributed by atoms with Crippen molar-refractivity contribution in [3.05, 3.63) is 35.9 Å². The van der Waals surface area contributed by atoms with E-state index in [0.717, 1.165) is 5.56 Å². The Morgan fingerprint density at radius 3 is 2.30 bits per heavy atom. The van der Waals surface area contributed by atoms with Gasteiger partial charge in [0, 0.05) is 6.04 Å². The van der Waals surface area contributed by atoms with Crippen LogP contribution in [-0.4, -0.2) is 24.4 Å². The summed E-state index contributed by atoms with van der Waals surface area (Å²) in [5.41, 5.74) is 1.12. The summed E-state index contributed by atoms with van der Waals surface area (Å²) >= 11 is 5.26. The molecule has 1 rings (SSSR count). The largest absolute Gasteiger partial charge is 0.373 e. The molecule has 0 saturated heterocycles. The van der Waals surface area contributed by atoms with E-state index in [0.29, 0.717) is 18.2 Å². The Hall–Kier alpha value is -0.740. The highest BCUT2D eigenvalue weighted by Gasteiger charge is 2.26. The number of hydrogen-bond acceptors (Lipinski definition) is 4. The summed E-state index contributed by atoms with van der Waals surface area (Å²) in [4.78, 5) is 0.492. The van der Waals surface area contributed by atoms with Gasteiger partial charge in [-0.2, -0.15) is 0 Å². The lowest BCUT2D eigenvalue weighted by atomic mass is 10.1. The molecule has 0 saturated carbocycles. The van der Waals surface area contributed by atoms with E-state index in [4.69, 9.17) is 21.3 Å². The molecule has 1 aromatic rings. The molecular formula is C14H22NO3PS. The van der Waals surface area contributed by atoms with Crippen molar-refractivity contribution in [2.24, 2.45) is 0 Å². The van der Waals surface area contributed by atoms with Crippen molar-refractivity contribution in [1.82, 2.24) is 5.32 Å². The Kier molecular flexibility index (Phi) is 7.38. The van der Waals surface area contributed by atoms with Crippen LogP contribution in [0.3, 0.4) is 0 Å². The van der Waals surface area contributed by atoms with E-state index in [-0.39, 0.29) is 12.2 Å². The quantitative estimate of drug-likeness (QED) is 0.582. The van der Waals surface area contributed by atoms with E-state index < -0.39 is 7.60 Å². The lowest BCUT2D eigenvalue weighted by Gasteiger charge is -2.20. The van der Waals surface area contributed by atoms with Crippen molar-refractivity contribution in [3.63, 3.8) is 0 Å². The monoisotopic (exact) mass is 315 g/mol. The van der Waals surface area contributed by atoms with Gasteiger partial charge < -0.3 is 14.4 Å². The van der Waals surface area contributed by atoms with E-state index in [1.807, 2.05) is 37.3 Å². The van der Waals surface area contributed by atoms with Crippen LogP contribution >= 0.6 is 19.8 Å². The summed E-state index contributed by atoms with van der Waals surface area (Å²) in [6, 6.07) is 10.0. The van der Waals surface area contributed by atoms with Crippen molar-refractivity contribution in [2.45, 2.75) is 26.8 Å². The topological polar surface area (TPSA) is 47.6 Å². The average molecular weight is 315 g/mol. The highest BCUT2D eigenvalue weighted by molar-refractivity contribution is 7.81. The Labute approximate surface area is 126 Å². The minimum atomic E-state index is -3.13. The van der Waals surface area contributed by atoms with Gasteiger partial charge in [0.2, 0.25) is 0 Å². The molecule has 0 aromatic heterocycles. The highest BCUT2D eigenvalue weighted by Crippen LogP contribution is 2.47. The minimum absolute atomic E-state index is 0.0559. The van der Waals surface area contributed by atoms with Gasteiger partial charge in [-0.25, -0.2) is 0 Å². The van der Waals surface area contributed by atoms with Crippen molar-refractivity contribution >= 4 is 24.8 Å². The zero-order chi connectivity index (χ0) is 15.0. The third-order valence-electron chi connectivity index (χ3n) is 2.67. The molecule has 0 heterocycles. The molecule has 6 heteroatoms. The maximum absolute atomic E-state index is 12.4. The fraction of sp³-hybridized carbons (Fsp3) is 0.500. The Balaban J connectivity index is 2.60. The van der Waals surface area contributed by atoms with E-state index in [9.17, 15) is 4.57 Å². The predicted octanol–water partition coefficient (Wildman–Crippen LogP) is 3.93. The first-order valence-electron chi connectivity index (χ1n) is 6.73. The molecule has 0 amide bonds. The fourth-order valence-corrected chi connectivity index (χ4v) is 3.95. The maximum atomic E-state index is 12.4. The Morgan fingerprint density at radius 1 is 1.25 bits per heavy atom. The van der Waals surface area contributed by atoms with Crippen LogP contribution in [0.25, 0.3) is 0 Å². The average Bonchev–Trinajstić information content (AvgIpc) is 2.39. The van der Waals surface area contributed by atoms with E-state index >= 15 is 0 Å². The maximum Gasteiger partial charge on any atom is 0.337 e. The molecule has 1 N–H and O–H groups in total. The zero-order valence-corrected chi connectivity index (χ0v) is 13.9. The fourth-order valence-electron chi connectivity index (χ4n) is 1.81. The van der Waals surface area contributed by atoms with Crippen LogP contribution in [0.5, 0.6) is 0 Å². The normalized spacial score (nSPS) is 12.9. The van der Waals surface area contributed by atoms with Crippen molar-refractivity contribution in [1.29, 1.82) is 0 Å². The molecule has 1 atom stereocenters. The smallest absolute Gasteiger partial charge is 0.337 e. The Morgan fingerprint density at radius 2 is 1.80 bits per heavy atom. The summed E-state index contributed by atoms with van der Waals surface area (Å²) < 4.78 is 22.8. The van der Waals surface area contributed by atoms with Gasteiger partial charge in [0.05, 0.1) is 18.2 Å². The van der Waals surface area contributed by atoms with E-state index in [1.165, 1.54) is 0 Å². The van der Waals surface area contributed by atoms with Crippen LogP contribution in [0, 0.1) is 0 Å². The van der Waals surface area contributed by atoms with Gasteiger partial charge in [-0.15, -0.1) is 0 Å². The van der Waals surface area contributed by atoms with Crippen LogP contribution in [0.15, 0.2) is 30.3 Å². The summed E-state index contributed by atoms with van der Waals surface area (Å²) in [5.74, 6) is 0. The second-order valence-corrected chi connectivity index (χ2v) is 6.85. The second kappa shape index (κ2) is 8.53. The molecule has 0 radical (unpaired) electrons. The van der Waals surface area contributed by atoms with Gasteiger partial charge in [0.15, 0.2) is 0 Å². The highest BCUT2D eigenvalue weighted by atomic mass is 32.1. The van der Waals surface area contributed by atoms with E-state index in [2.05, 4.69) is 5.32 Å². The third-order valence-corrected chi connectivity index (χ3v) is 5.15. The summed E-state index contributed by atoms with van der Waals surface area (Å²) in [7, 11) is -3.13. The molecule has 0 spiro atoms. The first-order chi connectivity index (χ1) is 9.50. The summed E-state index contributed by atoms with van der Waals surface area (Å²) in [6.45, 7) is 6.26. The van der Waals surface area contributed by atoms with Crippen LogP contribution in [0.2, 0.25) is 0 Å². The zero-order valence-electron chi connectivity index (χ0n) is 12.2. The molecule has 1 aromatic carbocycles. The molecule has 112 valence electrons. The first kappa shape index (κ1) is 17.3. The summed E-state index contributed by atoms with van der Waals surface area (Å²) in [5, 5.41) is 3.17. The Bertz CT molecular complexity index is 457. The van der Waals surface area contributed by atoms with Crippen molar-refractivity contribution < 1.29 is 13.6 Å². The van der Waals surface area contributed by atoms with Crippen molar-refractivity contribution in [3.8, 4) is 0 Å². The molecule has 20 heavy (non-hydrogen) atoms. The SMILES string of the molecule is CCOP(=O)(CC(=S)N[C@H](C)c1ccccc1)OCC. The van der Waals surface area contributed by atoms with Gasteiger partial charge in [0.1, 0.15) is 6.16 Å². The second-order valence-electron chi connectivity index (χ2n) is 4.30. The van der Waals surface area contributed by atoms with Gasteiger partial charge in [-0.3, -0.25) is 4.57 Å². The number of nitrogens with one attached hydrogen (secondary N) is 1. The van der Waals surface area contributed by atoms with Gasteiger partial charge in [0.25, 0.3) is 0 Å². The number of thiocarbonyl (C=S) groups is 1. The molecule has 0 aliphatic heterocycles. The lowest BCUT2D eigenvalue weighted by Crippen LogP contribution is -2.28. The molecule has 0 aliphatic rings. The molecule has 0 aliphatic carbocycles. The predicted molar refractivity (Wildman–Crippen MR) is 86.3 cm³/mol. The molecule has 0 unspecified atom stereocenters. The lowest BCUT2D eigenvalue weighted by molar-refractivity contribution is 0.223. The van der Waals surface area contributed by atoms with Crippen LogP contribution in [-0.2, 0) is 13.6 Å². The molecule has 0 fully saturated rings. The van der Waals surface area contributed by atoms with Crippen LogP contribution in [0.1, 0.15) is 32.4 Å². The first-order valence-corrected chi connectivity index (χ1v) is 8.86. The van der Waals surface area contributed by atoms with E-state index in [1.54, 1.807) is 13.8 Å². The van der Waals surface area contributed by atoms with Gasteiger partial charge >= 0.3 is 7.60 Å². The number of rotatable bonds is 8.